The molecule has 0 bridgehead atoms. The van der Waals surface area contributed by atoms with Crippen LogP contribution in [0, 0.1) is 17.8 Å². The van der Waals surface area contributed by atoms with Crippen molar-refractivity contribution in [1.29, 1.82) is 0 Å². The minimum atomic E-state index is 0.812. The highest BCUT2D eigenvalue weighted by atomic mass is 14.4. The molecular formula is C27H40. The molecule has 0 atom stereocenters. The fourth-order valence-electron chi connectivity index (χ4n) is 5.63. The van der Waals surface area contributed by atoms with Gasteiger partial charge in [0.15, 0.2) is 0 Å². The lowest BCUT2D eigenvalue weighted by molar-refractivity contribution is 0.157. The number of hydrogen-bond acceptors (Lipinski definition) is 0. The van der Waals surface area contributed by atoms with Crippen LogP contribution >= 0.6 is 0 Å². The molecule has 2 aliphatic carbocycles. The SMILES string of the molecule is C=CCCCc1ccc(C2CCC(C3CCC(CCC=C)CC3)CC2)cc1. The van der Waals surface area contributed by atoms with E-state index in [1.54, 1.807) is 5.56 Å². The van der Waals surface area contributed by atoms with Crippen molar-refractivity contribution < 1.29 is 0 Å². The molecule has 2 saturated carbocycles. The number of unbranched alkanes of at least 4 members (excludes halogenated alkanes) is 1. The second-order valence-electron chi connectivity index (χ2n) is 9.18. The monoisotopic (exact) mass is 364 g/mol. The molecule has 0 unspecified atom stereocenters. The average molecular weight is 365 g/mol. The molecular weight excluding hydrogens is 324 g/mol. The largest absolute Gasteiger partial charge is 0.103 e. The summed E-state index contributed by atoms with van der Waals surface area (Å²) in [4.78, 5) is 0. The molecule has 0 heterocycles. The van der Waals surface area contributed by atoms with Crippen molar-refractivity contribution in [2.45, 2.75) is 89.4 Å². The third-order valence-corrected chi connectivity index (χ3v) is 7.43. The molecule has 1 aromatic carbocycles. The summed E-state index contributed by atoms with van der Waals surface area (Å²) in [5.74, 6) is 3.84. The first-order valence-corrected chi connectivity index (χ1v) is 11.6. The molecule has 3 rings (SSSR count). The molecule has 2 fully saturated rings. The highest BCUT2D eigenvalue weighted by molar-refractivity contribution is 5.26. The van der Waals surface area contributed by atoms with Crippen molar-refractivity contribution in [1.82, 2.24) is 0 Å². The Labute approximate surface area is 168 Å². The van der Waals surface area contributed by atoms with Crippen LogP contribution in [0.2, 0.25) is 0 Å². The zero-order chi connectivity index (χ0) is 18.9. The van der Waals surface area contributed by atoms with E-state index in [1.807, 2.05) is 6.08 Å². The fraction of sp³-hybridized carbons (Fsp3) is 0.630. The Bertz CT molecular complexity index is 550. The molecule has 0 N–H and O–H groups in total. The fourth-order valence-corrected chi connectivity index (χ4v) is 5.63. The minimum absolute atomic E-state index is 0.812. The second-order valence-corrected chi connectivity index (χ2v) is 9.18. The van der Waals surface area contributed by atoms with E-state index in [1.165, 1.54) is 82.6 Å². The van der Waals surface area contributed by atoms with Crippen LogP contribution in [0.3, 0.4) is 0 Å². The molecule has 27 heavy (non-hydrogen) atoms. The first-order chi connectivity index (χ1) is 13.3. The van der Waals surface area contributed by atoms with Crippen molar-refractivity contribution in [3.63, 3.8) is 0 Å². The van der Waals surface area contributed by atoms with Crippen LogP contribution in [0.15, 0.2) is 49.6 Å². The molecule has 0 nitrogen and oxygen atoms in total. The van der Waals surface area contributed by atoms with Crippen molar-refractivity contribution >= 4 is 0 Å². The highest BCUT2D eigenvalue weighted by Crippen LogP contribution is 2.44. The van der Waals surface area contributed by atoms with E-state index in [9.17, 15) is 0 Å². The van der Waals surface area contributed by atoms with Crippen LogP contribution < -0.4 is 0 Å². The Morgan fingerprint density at radius 3 is 1.93 bits per heavy atom. The lowest BCUT2D eigenvalue weighted by Gasteiger charge is -2.38. The van der Waals surface area contributed by atoms with Crippen molar-refractivity contribution in [3.05, 3.63) is 60.7 Å². The van der Waals surface area contributed by atoms with Crippen LogP contribution in [-0.2, 0) is 6.42 Å². The lowest BCUT2D eigenvalue weighted by Crippen LogP contribution is -2.25. The molecule has 0 aromatic heterocycles. The average Bonchev–Trinajstić information content (AvgIpc) is 2.73. The molecule has 148 valence electrons. The summed E-state index contributed by atoms with van der Waals surface area (Å²) < 4.78 is 0. The first kappa shape index (κ1) is 20.4. The maximum Gasteiger partial charge on any atom is -0.0162 e. The van der Waals surface area contributed by atoms with E-state index in [4.69, 9.17) is 0 Å². The Morgan fingerprint density at radius 1 is 0.741 bits per heavy atom. The van der Waals surface area contributed by atoms with Gasteiger partial charge >= 0.3 is 0 Å². The third-order valence-electron chi connectivity index (χ3n) is 7.43. The summed E-state index contributed by atoms with van der Waals surface area (Å²) in [6.45, 7) is 7.70. The zero-order valence-electron chi connectivity index (χ0n) is 17.4. The lowest BCUT2D eigenvalue weighted by atomic mass is 9.68. The number of benzene rings is 1. The summed E-state index contributed by atoms with van der Waals surface area (Å²) in [5, 5.41) is 0. The third kappa shape index (κ3) is 6.09. The van der Waals surface area contributed by atoms with Crippen LogP contribution in [0.25, 0.3) is 0 Å². The molecule has 1 aromatic rings. The maximum absolute atomic E-state index is 3.88. The zero-order valence-corrected chi connectivity index (χ0v) is 17.4. The summed E-state index contributed by atoms with van der Waals surface area (Å²) >= 11 is 0. The molecule has 0 aliphatic heterocycles. The van der Waals surface area contributed by atoms with E-state index >= 15 is 0 Å². The predicted molar refractivity (Wildman–Crippen MR) is 119 cm³/mol. The Hall–Kier alpha value is -1.30. The molecule has 2 aliphatic rings. The standard InChI is InChI=1S/C27H40/c1-3-5-7-9-23-12-16-25(17-13-23)27-20-18-26(19-21-27)24-14-10-22(11-15-24)8-6-4-2/h3-4,12-13,16-17,22,24,26-27H,1-2,5-11,14-15,18-21H2. The highest BCUT2D eigenvalue weighted by Gasteiger charge is 2.31. The minimum Gasteiger partial charge on any atom is -0.103 e. The number of rotatable bonds is 9. The van der Waals surface area contributed by atoms with E-state index < -0.39 is 0 Å². The van der Waals surface area contributed by atoms with Crippen molar-refractivity contribution in [2.24, 2.45) is 17.8 Å². The van der Waals surface area contributed by atoms with Crippen LogP contribution in [0.4, 0.5) is 0 Å². The van der Waals surface area contributed by atoms with Gasteiger partial charge in [0.1, 0.15) is 0 Å². The molecule has 0 radical (unpaired) electrons. The van der Waals surface area contributed by atoms with Crippen LogP contribution in [-0.4, -0.2) is 0 Å². The Morgan fingerprint density at radius 2 is 1.33 bits per heavy atom. The molecule has 0 amide bonds. The quantitative estimate of drug-likeness (QED) is 0.306. The summed E-state index contributed by atoms with van der Waals surface area (Å²) in [6, 6.07) is 9.57. The van der Waals surface area contributed by atoms with Gasteiger partial charge in [0.05, 0.1) is 0 Å². The van der Waals surface area contributed by atoms with Crippen molar-refractivity contribution in [2.75, 3.05) is 0 Å². The smallest absolute Gasteiger partial charge is 0.0162 e. The van der Waals surface area contributed by atoms with Gasteiger partial charge in [0.2, 0.25) is 0 Å². The first-order valence-electron chi connectivity index (χ1n) is 11.6. The van der Waals surface area contributed by atoms with Gasteiger partial charge in [0, 0.05) is 0 Å². The molecule has 0 saturated heterocycles. The number of allylic oxidation sites excluding steroid dienone is 2. The molecule has 0 spiro atoms. The Balaban J connectivity index is 1.41. The van der Waals surface area contributed by atoms with E-state index in [2.05, 4.69) is 43.5 Å². The number of aryl methyl sites for hydroxylation is 1. The van der Waals surface area contributed by atoms with Gasteiger partial charge in [-0.1, -0.05) is 49.3 Å². The molecule has 0 heteroatoms. The van der Waals surface area contributed by atoms with E-state index in [0.717, 1.165) is 30.1 Å². The van der Waals surface area contributed by atoms with E-state index in [0.29, 0.717) is 0 Å². The van der Waals surface area contributed by atoms with E-state index in [-0.39, 0.29) is 0 Å². The van der Waals surface area contributed by atoms with Gasteiger partial charge in [-0.25, -0.2) is 0 Å². The van der Waals surface area contributed by atoms with Gasteiger partial charge in [-0.15, -0.1) is 13.2 Å². The second kappa shape index (κ2) is 10.9. The van der Waals surface area contributed by atoms with Gasteiger partial charge in [0.25, 0.3) is 0 Å². The maximum atomic E-state index is 3.88. The van der Waals surface area contributed by atoms with Gasteiger partial charge in [-0.2, -0.15) is 0 Å². The number of hydrogen-bond donors (Lipinski definition) is 0. The van der Waals surface area contributed by atoms with Crippen LogP contribution in [0.5, 0.6) is 0 Å². The Kier molecular flexibility index (Phi) is 8.24. The normalized spacial score (nSPS) is 28.6. The predicted octanol–water partition coefficient (Wildman–Crippen LogP) is 8.24. The summed E-state index contributed by atoms with van der Waals surface area (Å²) in [7, 11) is 0. The summed E-state index contributed by atoms with van der Waals surface area (Å²) in [6.07, 6.45) is 22.0. The van der Waals surface area contributed by atoms with Gasteiger partial charge < -0.3 is 0 Å². The van der Waals surface area contributed by atoms with Crippen molar-refractivity contribution in [3.8, 4) is 0 Å². The topological polar surface area (TPSA) is 0 Å². The summed E-state index contributed by atoms with van der Waals surface area (Å²) in [5.41, 5.74) is 3.08. The van der Waals surface area contributed by atoms with Crippen LogP contribution in [0.1, 0.15) is 94.1 Å². The van der Waals surface area contributed by atoms with Gasteiger partial charge in [-0.3, -0.25) is 0 Å². The van der Waals surface area contributed by atoms with Gasteiger partial charge in [-0.05, 0) is 105 Å².